The first kappa shape index (κ1) is 30.7. The minimum atomic E-state index is -0.135. The number of ether oxygens (including phenoxy) is 4. The number of methoxy groups -OCH3 is 4. The summed E-state index contributed by atoms with van der Waals surface area (Å²) in [5.41, 5.74) is 5.25. The molecule has 0 saturated carbocycles. The molecule has 0 amide bonds. The van der Waals surface area contributed by atoms with E-state index >= 15 is 0 Å². The second-order valence-corrected chi connectivity index (χ2v) is 9.69. The largest absolute Gasteiger partial charge is 0.496 e. The van der Waals surface area contributed by atoms with Crippen LogP contribution in [0.5, 0.6) is 23.0 Å². The molecule has 2 unspecified atom stereocenters. The van der Waals surface area contributed by atoms with E-state index in [0.717, 1.165) is 45.3 Å². The van der Waals surface area contributed by atoms with E-state index < -0.39 is 0 Å². The van der Waals surface area contributed by atoms with Crippen molar-refractivity contribution in [2.24, 2.45) is 11.3 Å². The molecule has 0 fully saturated rings. The van der Waals surface area contributed by atoms with Crippen molar-refractivity contribution in [1.82, 2.24) is 0 Å². The molecule has 0 bridgehead atoms. The topological polar surface area (TPSA) is 54.0 Å². The molecule has 202 valence electrons. The van der Waals surface area contributed by atoms with Gasteiger partial charge in [0.15, 0.2) is 0 Å². The van der Waals surface area contributed by atoms with E-state index in [9.17, 15) is 0 Å². The van der Waals surface area contributed by atoms with Crippen LogP contribution in [0, 0.1) is 11.3 Å². The van der Waals surface area contributed by atoms with Crippen molar-refractivity contribution in [3.63, 3.8) is 0 Å². The predicted octanol–water partition coefficient (Wildman–Crippen LogP) is 8.23. The lowest BCUT2D eigenvalue weighted by Crippen LogP contribution is -2.17. The Morgan fingerprint density at radius 2 is 1.05 bits per heavy atom. The van der Waals surface area contributed by atoms with Crippen molar-refractivity contribution in [2.45, 2.75) is 27.7 Å². The van der Waals surface area contributed by atoms with E-state index in [4.69, 9.17) is 23.5 Å². The van der Waals surface area contributed by atoms with Gasteiger partial charge in [-0.25, -0.2) is 0 Å². The van der Waals surface area contributed by atoms with E-state index in [-0.39, 0.29) is 11.3 Å². The van der Waals surface area contributed by atoms with Crippen LogP contribution in [0.4, 0.5) is 0 Å². The highest BCUT2D eigenvalue weighted by Gasteiger charge is 2.27. The summed E-state index contributed by atoms with van der Waals surface area (Å²) in [6, 6.07) is 22.2. The molecule has 0 aliphatic heterocycles. The molecule has 0 radical (unpaired) electrons. The highest BCUT2D eigenvalue weighted by molar-refractivity contribution is 7.00. The van der Waals surface area contributed by atoms with Gasteiger partial charge in [-0.3, -0.25) is 0 Å². The second kappa shape index (κ2) is 14.4. The summed E-state index contributed by atoms with van der Waals surface area (Å²) in [7, 11) is 7.92. The Morgan fingerprint density at radius 3 is 1.42 bits per heavy atom. The fraction of sp³-hybridized carbons (Fsp3) is 0.312. The zero-order chi connectivity index (χ0) is 28.3. The van der Waals surface area contributed by atoms with Gasteiger partial charge in [-0.1, -0.05) is 80.3 Å². The highest BCUT2D eigenvalue weighted by Crippen LogP contribution is 2.44. The number of allylic oxidation sites excluding steroid dienone is 2. The van der Waals surface area contributed by atoms with Gasteiger partial charge in [-0.05, 0) is 53.0 Å². The third-order valence-corrected chi connectivity index (χ3v) is 6.44. The van der Waals surface area contributed by atoms with E-state index in [2.05, 4.69) is 64.1 Å². The summed E-state index contributed by atoms with van der Waals surface area (Å²) in [5.74, 6) is 3.14. The SMILES string of the molecule is COc1cccc(OC)c1C=C(c1ccccc1)C(C)C(=Cc1c(OC)cccc1OC)C(C)(C)C.O=[PH2+]. The first-order valence-corrected chi connectivity index (χ1v) is 12.9. The maximum atomic E-state index is 8.17. The quantitative estimate of drug-likeness (QED) is 0.204. The van der Waals surface area contributed by atoms with Crippen molar-refractivity contribution < 1.29 is 23.5 Å². The van der Waals surface area contributed by atoms with Crippen molar-refractivity contribution >= 4 is 26.8 Å². The fourth-order valence-electron chi connectivity index (χ4n) is 4.60. The van der Waals surface area contributed by atoms with Crippen molar-refractivity contribution in [2.75, 3.05) is 28.4 Å². The van der Waals surface area contributed by atoms with Gasteiger partial charge in [-0.2, -0.15) is 0 Å². The molecule has 2 atom stereocenters. The summed E-state index contributed by atoms with van der Waals surface area (Å²) in [4.78, 5) is 0. The smallest absolute Gasteiger partial charge is 0.310 e. The number of benzene rings is 3. The Hall–Kier alpha value is -3.56. The minimum absolute atomic E-state index is 0.0524. The molecule has 3 aromatic rings. The van der Waals surface area contributed by atoms with Crippen LogP contribution in [-0.2, 0) is 4.57 Å². The third kappa shape index (κ3) is 7.26. The summed E-state index contributed by atoms with van der Waals surface area (Å²) in [6.45, 7) is 8.97. The predicted molar refractivity (Wildman–Crippen MR) is 160 cm³/mol. The van der Waals surface area contributed by atoms with Crippen LogP contribution in [-0.4, -0.2) is 28.4 Å². The Labute approximate surface area is 229 Å². The highest BCUT2D eigenvalue weighted by atomic mass is 31.0. The van der Waals surface area contributed by atoms with Crippen LogP contribution in [0.15, 0.2) is 72.3 Å². The van der Waals surface area contributed by atoms with Crippen LogP contribution < -0.4 is 18.9 Å². The molecule has 38 heavy (non-hydrogen) atoms. The number of hydrogen-bond donors (Lipinski definition) is 0. The second-order valence-electron chi connectivity index (χ2n) is 9.69. The van der Waals surface area contributed by atoms with Crippen LogP contribution >= 0.6 is 9.12 Å². The first-order chi connectivity index (χ1) is 18.2. The summed E-state index contributed by atoms with van der Waals surface area (Å²) >= 11 is 0. The van der Waals surface area contributed by atoms with Crippen LogP contribution in [0.1, 0.15) is 44.4 Å². The van der Waals surface area contributed by atoms with E-state index in [1.54, 1.807) is 28.4 Å². The normalized spacial score (nSPS) is 12.6. The maximum absolute atomic E-state index is 8.17. The van der Waals surface area contributed by atoms with Crippen molar-refractivity contribution in [3.05, 3.63) is 89.0 Å². The van der Waals surface area contributed by atoms with Gasteiger partial charge in [0.1, 0.15) is 23.0 Å². The van der Waals surface area contributed by atoms with E-state index in [0.29, 0.717) is 0 Å². The van der Waals surface area contributed by atoms with Gasteiger partial charge < -0.3 is 18.9 Å². The summed E-state index contributed by atoms with van der Waals surface area (Å²) < 4.78 is 31.0. The molecule has 0 saturated heterocycles. The molecular weight excluding hydrogens is 495 g/mol. The fourth-order valence-corrected chi connectivity index (χ4v) is 4.60. The van der Waals surface area contributed by atoms with Crippen LogP contribution in [0.2, 0.25) is 0 Å². The summed E-state index contributed by atoms with van der Waals surface area (Å²) in [6.07, 6.45) is 4.41. The summed E-state index contributed by atoms with van der Waals surface area (Å²) in [5, 5.41) is 0. The lowest BCUT2D eigenvalue weighted by Gasteiger charge is -2.31. The molecule has 0 N–H and O–H groups in total. The lowest BCUT2D eigenvalue weighted by molar-refractivity contribution is 0.392. The third-order valence-electron chi connectivity index (χ3n) is 6.44. The Morgan fingerprint density at radius 1 is 0.658 bits per heavy atom. The van der Waals surface area contributed by atoms with Gasteiger partial charge in [0.25, 0.3) is 0 Å². The maximum Gasteiger partial charge on any atom is 0.310 e. The van der Waals surface area contributed by atoms with Gasteiger partial charge in [0.05, 0.1) is 39.6 Å². The molecular formula is C32H40O5P+. The van der Waals surface area contributed by atoms with Gasteiger partial charge in [0.2, 0.25) is 0 Å². The van der Waals surface area contributed by atoms with Crippen LogP contribution in [0.3, 0.4) is 0 Å². The Balaban J connectivity index is 0.00000247. The van der Waals surface area contributed by atoms with Crippen molar-refractivity contribution in [3.8, 4) is 23.0 Å². The first-order valence-electron chi connectivity index (χ1n) is 12.4. The Bertz CT molecular complexity index is 1200. The molecule has 6 heteroatoms. The molecule has 3 aromatic carbocycles. The van der Waals surface area contributed by atoms with Gasteiger partial charge in [-0.15, -0.1) is 0 Å². The van der Waals surface area contributed by atoms with Crippen LogP contribution in [0.25, 0.3) is 17.7 Å². The molecule has 0 heterocycles. The van der Waals surface area contributed by atoms with E-state index in [1.807, 2.05) is 42.5 Å². The van der Waals surface area contributed by atoms with E-state index in [1.165, 1.54) is 14.7 Å². The molecule has 0 spiro atoms. The Kier molecular flexibility index (Phi) is 11.6. The van der Waals surface area contributed by atoms with Gasteiger partial charge in [0, 0.05) is 5.92 Å². The minimum Gasteiger partial charge on any atom is -0.496 e. The molecule has 0 aromatic heterocycles. The number of hydrogen-bond acceptors (Lipinski definition) is 5. The van der Waals surface area contributed by atoms with Gasteiger partial charge >= 0.3 is 9.12 Å². The number of rotatable bonds is 9. The molecule has 0 aliphatic rings. The average molecular weight is 536 g/mol. The van der Waals surface area contributed by atoms with Crippen molar-refractivity contribution in [1.29, 1.82) is 0 Å². The monoisotopic (exact) mass is 535 g/mol. The standard InChI is InChI=1S/C32H38O4.H2OP/c1-22(27(32(2,3)4)21-26-30(35-7)18-13-19-31(26)36-8)24(23-14-10-9-11-15-23)20-25-28(33-5)16-12-17-29(25)34-6;1-2/h9-22H,1-8H3;2H2/q;+1. The zero-order valence-corrected chi connectivity index (χ0v) is 24.9. The lowest BCUT2D eigenvalue weighted by atomic mass is 9.74. The zero-order valence-electron chi connectivity index (χ0n) is 23.7. The molecule has 3 rings (SSSR count). The molecule has 0 aliphatic carbocycles. The average Bonchev–Trinajstić information content (AvgIpc) is 2.94. The molecule has 5 nitrogen and oxygen atoms in total.